The van der Waals surface area contributed by atoms with Crippen molar-refractivity contribution in [2.75, 3.05) is 13.1 Å². The van der Waals surface area contributed by atoms with E-state index >= 15 is 0 Å². The summed E-state index contributed by atoms with van der Waals surface area (Å²) in [5.41, 5.74) is 0.475. The average Bonchev–Trinajstić information content (AvgIpc) is 2.81. The molecular formula is C12H22N2O. The quantitative estimate of drug-likeness (QED) is 0.721. The number of hydrogen-bond donors (Lipinski definition) is 2. The Morgan fingerprint density at radius 3 is 2.87 bits per heavy atom. The molecule has 0 bridgehead atoms. The second kappa shape index (κ2) is 4.52. The summed E-state index contributed by atoms with van der Waals surface area (Å²) in [5.74, 6) is 0.217. The van der Waals surface area contributed by atoms with Crippen LogP contribution in [-0.2, 0) is 4.79 Å². The van der Waals surface area contributed by atoms with E-state index in [1.54, 1.807) is 0 Å². The number of nitrogens with one attached hydrogen (secondary N) is 2. The van der Waals surface area contributed by atoms with Gasteiger partial charge in [0.2, 0.25) is 5.91 Å². The van der Waals surface area contributed by atoms with Gasteiger partial charge in [-0.15, -0.1) is 0 Å². The van der Waals surface area contributed by atoms with E-state index in [2.05, 4.69) is 17.6 Å². The lowest BCUT2D eigenvalue weighted by Crippen LogP contribution is -2.42. The molecule has 15 heavy (non-hydrogen) atoms. The highest BCUT2D eigenvalue weighted by Gasteiger charge is 2.41. The van der Waals surface area contributed by atoms with Crippen LogP contribution < -0.4 is 10.6 Å². The van der Waals surface area contributed by atoms with Crippen molar-refractivity contribution in [1.82, 2.24) is 10.6 Å². The predicted molar refractivity (Wildman–Crippen MR) is 60.6 cm³/mol. The Kier molecular flexibility index (Phi) is 3.29. The third-order valence-corrected chi connectivity index (χ3v) is 3.75. The minimum atomic E-state index is 0.0856. The molecule has 3 heteroatoms. The first-order chi connectivity index (χ1) is 7.26. The third kappa shape index (κ3) is 2.71. The lowest BCUT2D eigenvalue weighted by molar-refractivity contribution is -0.123. The number of amides is 1. The number of hydrogen-bond acceptors (Lipinski definition) is 2. The van der Waals surface area contributed by atoms with E-state index in [4.69, 9.17) is 0 Å². The first-order valence-corrected chi connectivity index (χ1v) is 6.27. The van der Waals surface area contributed by atoms with E-state index in [9.17, 15) is 4.79 Å². The zero-order chi connectivity index (χ0) is 10.7. The van der Waals surface area contributed by atoms with E-state index in [-0.39, 0.29) is 11.9 Å². The molecule has 2 fully saturated rings. The average molecular weight is 210 g/mol. The van der Waals surface area contributed by atoms with Gasteiger partial charge in [-0.05, 0) is 44.1 Å². The Morgan fingerprint density at radius 2 is 2.33 bits per heavy atom. The maximum Gasteiger partial charge on any atom is 0.237 e. The lowest BCUT2D eigenvalue weighted by atomic mass is 10.0. The molecule has 1 aliphatic carbocycles. The van der Waals surface area contributed by atoms with Crippen molar-refractivity contribution < 1.29 is 4.79 Å². The van der Waals surface area contributed by atoms with Gasteiger partial charge in [-0.2, -0.15) is 0 Å². The first kappa shape index (κ1) is 10.9. The van der Waals surface area contributed by atoms with Crippen molar-refractivity contribution in [3.8, 4) is 0 Å². The molecule has 1 saturated carbocycles. The molecule has 0 aromatic rings. The van der Waals surface area contributed by atoms with Gasteiger partial charge in [0.05, 0.1) is 6.04 Å². The van der Waals surface area contributed by atoms with Crippen LogP contribution in [0.3, 0.4) is 0 Å². The zero-order valence-electron chi connectivity index (χ0n) is 9.64. The summed E-state index contributed by atoms with van der Waals surface area (Å²) in [6, 6.07) is 0.0856. The molecule has 0 radical (unpaired) electrons. The summed E-state index contributed by atoms with van der Waals surface area (Å²) in [6.07, 6.45) is 7.26. The monoisotopic (exact) mass is 210 g/mol. The second-order valence-corrected chi connectivity index (χ2v) is 5.12. The number of rotatable bonds is 5. The van der Waals surface area contributed by atoms with E-state index in [0.29, 0.717) is 5.41 Å². The fourth-order valence-electron chi connectivity index (χ4n) is 2.53. The first-order valence-electron chi connectivity index (χ1n) is 6.27. The summed E-state index contributed by atoms with van der Waals surface area (Å²) in [6.45, 7) is 4.12. The molecule has 1 saturated heterocycles. The molecule has 1 atom stereocenters. The van der Waals surface area contributed by atoms with Gasteiger partial charge in [0.15, 0.2) is 0 Å². The van der Waals surface area contributed by atoms with Gasteiger partial charge < -0.3 is 10.6 Å². The van der Waals surface area contributed by atoms with Crippen LogP contribution in [0.4, 0.5) is 0 Å². The van der Waals surface area contributed by atoms with Crippen LogP contribution in [0, 0.1) is 5.41 Å². The van der Waals surface area contributed by atoms with Gasteiger partial charge >= 0.3 is 0 Å². The van der Waals surface area contributed by atoms with Gasteiger partial charge in [0, 0.05) is 6.54 Å². The highest BCUT2D eigenvalue weighted by Crippen LogP contribution is 2.48. The van der Waals surface area contributed by atoms with E-state index in [0.717, 1.165) is 25.9 Å². The molecule has 1 amide bonds. The molecule has 0 aromatic heterocycles. The van der Waals surface area contributed by atoms with Crippen LogP contribution in [0.15, 0.2) is 0 Å². The molecule has 2 rings (SSSR count). The highest BCUT2D eigenvalue weighted by molar-refractivity contribution is 5.82. The van der Waals surface area contributed by atoms with Crippen LogP contribution >= 0.6 is 0 Å². The van der Waals surface area contributed by atoms with Crippen LogP contribution in [0.1, 0.15) is 45.4 Å². The van der Waals surface area contributed by atoms with E-state index in [1.807, 2.05) is 0 Å². The van der Waals surface area contributed by atoms with Gasteiger partial charge in [0.25, 0.3) is 0 Å². The van der Waals surface area contributed by atoms with Gasteiger partial charge in [-0.3, -0.25) is 4.79 Å². The molecule has 3 nitrogen and oxygen atoms in total. The van der Waals surface area contributed by atoms with E-state index in [1.165, 1.54) is 25.7 Å². The van der Waals surface area contributed by atoms with Crippen LogP contribution in [-0.4, -0.2) is 25.0 Å². The molecule has 1 aliphatic heterocycles. The Labute approximate surface area is 92.0 Å². The minimum absolute atomic E-state index is 0.0856. The van der Waals surface area contributed by atoms with Crippen LogP contribution in [0.5, 0.6) is 0 Å². The van der Waals surface area contributed by atoms with E-state index < -0.39 is 0 Å². The largest absolute Gasteiger partial charge is 0.354 e. The molecule has 0 aromatic carbocycles. The Hall–Kier alpha value is -0.570. The Morgan fingerprint density at radius 1 is 1.53 bits per heavy atom. The van der Waals surface area contributed by atoms with Crippen molar-refractivity contribution in [3.05, 3.63) is 0 Å². The van der Waals surface area contributed by atoms with Crippen LogP contribution in [0.2, 0.25) is 0 Å². The summed E-state index contributed by atoms with van der Waals surface area (Å²) in [7, 11) is 0. The molecular weight excluding hydrogens is 188 g/mol. The second-order valence-electron chi connectivity index (χ2n) is 5.12. The summed E-state index contributed by atoms with van der Waals surface area (Å²) < 4.78 is 0. The predicted octanol–water partition coefficient (Wildman–Crippen LogP) is 1.43. The van der Waals surface area contributed by atoms with Crippen molar-refractivity contribution in [2.24, 2.45) is 5.41 Å². The maximum absolute atomic E-state index is 11.8. The summed E-state index contributed by atoms with van der Waals surface area (Å²) >= 11 is 0. The minimum Gasteiger partial charge on any atom is -0.354 e. The molecule has 2 aliphatic rings. The van der Waals surface area contributed by atoms with Crippen molar-refractivity contribution in [1.29, 1.82) is 0 Å². The normalized spacial score (nSPS) is 27.7. The lowest BCUT2D eigenvalue weighted by Gasteiger charge is -2.17. The van der Waals surface area contributed by atoms with Gasteiger partial charge in [-0.25, -0.2) is 0 Å². The number of carbonyl (C=O) groups excluding carboxylic acids is 1. The van der Waals surface area contributed by atoms with Crippen LogP contribution in [0.25, 0.3) is 0 Å². The molecule has 0 spiro atoms. The fourth-order valence-corrected chi connectivity index (χ4v) is 2.53. The standard InChI is InChI=1S/C12H22N2O/c1-2-5-12(6-7-12)9-14-11(15)10-4-3-8-13-10/h10,13H,2-9H2,1H3,(H,14,15)/t10-/m0/s1. The highest BCUT2D eigenvalue weighted by atomic mass is 16.2. The summed E-state index contributed by atoms with van der Waals surface area (Å²) in [5, 5.41) is 6.34. The fraction of sp³-hybridized carbons (Fsp3) is 0.917. The van der Waals surface area contributed by atoms with Crippen molar-refractivity contribution in [2.45, 2.75) is 51.5 Å². The maximum atomic E-state index is 11.8. The Bertz CT molecular complexity index is 230. The summed E-state index contributed by atoms with van der Waals surface area (Å²) in [4.78, 5) is 11.8. The number of carbonyl (C=O) groups is 1. The SMILES string of the molecule is CCCC1(CNC(=O)[C@@H]2CCCN2)CC1. The molecule has 1 heterocycles. The third-order valence-electron chi connectivity index (χ3n) is 3.75. The molecule has 0 unspecified atom stereocenters. The smallest absolute Gasteiger partial charge is 0.237 e. The molecule has 86 valence electrons. The Balaban J connectivity index is 1.70. The van der Waals surface area contributed by atoms with Crippen molar-refractivity contribution >= 4 is 5.91 Å². The van der Waals surface area contributed by atoms with Crippen molar-refractivity contribution in [3.63, 3.8) is 0 Å². The van der Waals surface area contributed by atoms with Gasteiger partial charge in [0.1, 0.15) is 0 Å². The molecule has 2 N–H and O–H groups in total. The zero-order valence-corrected chi connectivity index (χ0v) is 9.64. The topological polar surface area (TPSA) is 41.1 Å². The van der Waals surface area contributed by atoms with Gasteiger partial charge in [-0.1, -0.05) is 13.3 Å².